The van der Waals surface area contributed by atoms with Crippen LogP contribution in [0, 0.1) is 11.2 Å². The van der Waals surface area contributed by atoms with E-state index in [1.54, 1.807) is 7.11 Å². The SMILES string of the molecule is COc1ccc(C(C)NC2CCC(C)(C)C2)c(F)c1. The van der Waals surface area contributed by atoms with Crippen LogP contribution in [0.25, 0.3) is 0 Å². The predicted molar refractivity (Wildman–Crippen MR) is 75.9 cm³/mol. The van der Waals surface area contributed by atoms with E-state index in [0.29, 0.717) is 22.8 Å². The minimum absolute atomic E-state index is 0.0322. The number of hydrogen-bond acceptors (Lipinski definition) is 2. The Morgan fingerprint density at radius 1 is 1.42 bits per heavy atom. The first-order valence-electron chi connectivity index (χ1n) is 7.01. The van der Waals surface area contributed by atoms with E-state index >= 15 is 0 Å². The molecule has 1 saturated carbocycles. The lowest BCUT2D eigenvalue weighted by Gasteiger charge is -2.22. The maximum Gasteiger partial charge on any atom is 0.131 e. The first-order chi connectivity index (χ1) is 8.91. The Kier molecular flexibility index (Phi) is 4.14. The van der Waals surface area contributed by atoms with Crippen LogP contribution in [0.1, 0.15) is 51.6 Å². The number of hydrogen-bond donors (Lipinski definition) is 1. The molecule has 3 heteroatoms. The fourth-order valence-electron chi connectivity index (χ4n) is 3.01. The van der Waals surface area contributed by atoms with Crippen molar-refractivity contribution in [2.24, 2.45) is 5.41 Å². The number of benzene rings is 1. The fraction of sp³-hybridized carbons (Fsp3) is 0.625. The first-order valence-corrected chi connectivity index (χ1v) is 7.01. The van der Waals surface area contributed by atoms with Crippen LogP contribution in [-0.2, 0) is 0 Å². The molecule has 1 aliphatic carbocycles. The third-order valence-corrected chi connectivity index (χ3v) is 4.13. The molecule has 2 nitrogen and oxygen atoms in total. The number of methoxy groups -OCH3 is 1. The van der Waals surface area contributed by atoms with Crippen LogP contribution < -0.4 is 10.1 Å². The monoisotopic (exact) mass is 265 g/mol. The van der Waals surface area contributed by atoms with Gasteiger partial charge < -0.3 is 10.1 Å². The molecule has 0 saturated heterocycles. The lowest BCUT2D eigenvalue weighted by atomic mass is 9.91. The summed E-state index contributed by atoms with van der Waals surface area (Å²) in [6.45, 7) is 6.62. The van der Waals surface area contributed by atoms with E-state index in [0.717, 1.165) is 6.42 Å². The van der Waals surface area contributed by atoms with Gasteiger partial charge in [-0.1, -0.05) is 19.9 Å². The molecule has 1 N–H and O–H groups in total. The smallest absolute Gasteiger partial charge is 0.131 e. The highest BCUT2D eigenvalue weighted by atomic mass is 19.1. The van der Waals surface area contributed by atoms with Crippen LogP contribution in [0.15, 0.2) is 18.2 Å². The molecular weight excluding hydrogens is 241 g/mol. The zero-order valence-electron chi connectivity index (χ0n) is 12.3. The first kappa shape index (κ1) is 14.3. The molecule has 0 amide bonds. The summed E-state index contributed by atoms with van der Waals surface area (Å²) >= 11 is 0. The minimum atomic E-state index is -0.198. The molecule has 0 aliphatic heterocycles. The third-order valence-electron chi connectivity index (χ3n) is 4.13. The summed E-state index contributed by atoms with van der Waals surface area (Å²) < 4.78 is 19.0. The second-order valence-electron chi connectivity index (χ2n) is 6.38. The molecule has 0 spiro atoms. The summed E-state index contributed by atoms with van der Waals surface area (Å²) in [7, 11) is 1.55. The molecule has 1 aromatic rings. The molecule has 106 valence electrons. The molecule has 19 heavy (non-hydrogen) atoms. The Hall–Kier alpha value is -1.09. The Morgan fingerprint density at radius 2 is 2.16 bits per heavy atom. The molecule has 1 aromatic carbocycles. The van der Waals surface area contributed by atoms with Crippen LogP contribution in [0.5, 0.6) is 5.75 Å². The molecule has 2 unspecified atom stereocenters. The predicted octanol–water partition coefficient (Wildman–Crippen LogP) is 4.06. The quantitative estimate of drug-likeness (QED) is 0.886. The second-order valence-corrected chi connectivity index (χ2v) is 6.38. The molecule has 0 heterocycles. The third kappa shape index (κ3) is 3.47. The number of rotatable bonds is 4. The Bertz CT molecular complexity index is 444. The van der Waals surface area contributed by atoms with E-state index in [-0.39, 0.29) is 11.9 Å². The highest BCUT2D eigenvalue weighted by molar-refractivity contribution is 5.30. The molecule has 1 fully saturated rings. The molecular formula is C16H24FNO. The van der Waals surface area contributed by atoms with Crippen LogP contribution in [0.3, 0.4) is 0 Å². The van der Waals surface area contributed by atoms with E-state index in [9.17, 15) is 4.39 Å². The van der Waals surface area contributed by atoms with E-state index in [1.807, 2.05) is 19.1 Å². The average molecular weight is 265 g/mol. The minimum Gasteiger partial charge on any atom is -0.497 e. The van der Waals surface area contributed by atoms with Gasteiger partial charge in [0.25, 0.3) is 0 Å². The average Bonchev–Trinajstić information content (AvgIpc) is 2.68. The summed E-state index contributed by atoms with van der Waals surface area (Å²) in [6.07, 6.45) is 3.58. The highest BCUT2D eigenvalue weighted by Crippen LogP contribution is 2.38. The van der Waals surface area contributed by atoms with Crippen LogP contribution >= 0.6 is 0 Å². The van der Waals surface area contributed by atoms with Gasteiger partial charge in [-0.15, -0.1) is 0 Å². The lowest BCUT2D eigenvalue weighted by molar-refractivity contribution is 0.354. The molecule has 2 rings (SSSR count). The van der Waals surface area contributed by atoms with Crippen molar-refractivity contribution in [1.29, 1.82) is 0 Å². The molecule has 2 atom stereocenters. The summed E-state index contributed by atoms with van der Waals surface area (Å²) in [5, 5.41) is 3.55. The topological polar surface area (TPSA) is 21.3 Å². The van der Waals surface area contributed by atoms with Gasteiger partial charge in [-0.05, 0) is 37.7 Å². The Balaban J connectivity index is 2.02. The highest BCUT2D eigenvalue weighted by Gasteiger charge is 2.31. The molecule has 0 aromatic heterocycles. The van der Waals surface area contributed by atoms with Gasteiger partial charge in [-0.3, -0.25) is 0 Å². The van der Waals surface area contributed by atoms with Crippen molar-refractivity contribution in [3.63, 3.8) is 0 Å². The largest absolute Gasteiger partial charge is 0.497 e. The number of halogens is 1. The maximum atomic E-state index is 14.0. The second kappa shape index (κ2) is 5.49. The normalized spacial score (nSPS) is 23.3. The van der Waals surface area contributed by atoms with Crippen molar-refractivity contribution in [3.8, 4) is 5.75 Å². The summed E-state index contributed by atoms with van der Waals surface area (Å²) in [4.78, 5) is 0. The molecule has 0 radical (unpaired) electrons. The zero-order chi connectivity index (χ0) is 14.0. The van der Waals surface area contributed by atoms with Gasteiger partial charge in [0.15, 0.2) is 0 Å². The van der Waals surface area contributed by atoms with Crippen molar-refractivity contribution in [2.45, 2.75) is 52.1 Å². The van der Waals surface area contributed by atoms with Crippen LogP contribution in [0.4, 0.5) is 4.39 Å². The lowest BCUT2D eigenvalue weighted by Crippen LogP contribution is -2.30. The van der Waals surface area contributed by atoms with Crippen molar-refractivity contribution in [3.05, 3.63) is 29.6 Å². The van der Waals surface area contributed by atoms with Gasteiger partial charge >= 0.3 is 0 Å². The van der Waals surface area contributed by atoms with E-state index in [2.05, 4.69) is 19.2 Å². The van der Waals surface area contributed by atoms with Crippen molar-refractivity contribution in [2.75, 3.05) is 7.11 Å². The van der Waals surface area contributed by atoms with Crippen LogP contribution in [-0.4, -0.2) is 13.2 Å². The van der Waals surface area contributed by atoms with Gasteiger partial charge in [0, 0.05) is 23.7 Å². The Morgan fingerprint density at radius 3 is 2.68 bits per heavy atom. The van der Waals surface area contributed by atoms with Gasteiger partial charge in [0.2, 0.25) is 0 Å². The van der Waals surface area contributed by atoms with Crippen molar-refractivity contribution < 1.29 is 9.13 Å². The van der Waals surface area contributed by atoms with Gasteiger partial charge in [0.05, 0.1) is 7.11 Å². The van der Waals surface area contributed by atoms with Crippen molar-refractivity contribution in [1.82, 2.24) is 5.32 Å². The maximum absolute atomic E-state index is 14.0. The fourth-order valence-corrected chi connectivity index (χ4v) is 3.01. The number of nitrogens with one attached hydrogen (secondary N) is 1. The molecule has 0 bridgehead atoms. The summed E-state index contributed by atoms with van der Waals surface area (Å²) in [5.74, 6) is 0.368. The standard InChI is InChI=1S/C16H24FNO/c1-11(18-12-7-8-16(2,3)10-12)14-6-5-13(19-4)9-15(14)17/h5-6,9,11-12,18H,7-8,10H2,1-4H3. The van der Waals surface area contributed by atoms with Crippen LogP contribution in [0.2, 0.25) is 0 Å². The zero-order valence-corrected chi connectivity index (χ0v) is 12.3. The van der Waals surface area contributed by atoms with Gasteiger partial charge in [0.1, 0.15) is 11.6 Å². The molecule has 1 aliphatic rings. The van der Waals surface area contributed by atoms with E-state index in [1.165, 1.54) is 18.9 Å². The van der Waals surface area contributed by atoms with E-state index in [4.69, 9.17) is 4.74 Å². The van der Waals surface area contributed by atoms with Gasteiger partial charge in [-0.25, -0.2) is 4.39 Å². The van der Waals surface area contributed by atoms with E-state index < -0.39 is 0 Å². The van der Waals surface area contributed by atoms with Gasteiger partial charge in [-0.2, -0.15) is 0 Å². The number of ether oxygens (including phenoxy) is 1. The Labute approximate surface area is 115 Å². The summed E-state index contributed by atoms with van der Waals surface area (Å²) in [6, 6.07) is 5.60. The summed E-state index contributed by atoms with van der Waals surface area (Å²) in [5.41, 5.74) is 1.13. The van der Waals surface area contributed by atoms with Crippen molar-refractivity contribution >= 4 is 0 Å².